The first-order chi connectivity index (χ1) is 5.26. The summed E-state index contributed by atoms with van der Waals surface area (Å²) >= 11 is 0. The number of rotatable bonds is 4. The van der Waals surface area contributed by atoms with Crippen molar-refractivity contribution in [3.05, 3.63) is 23.9 Å². The van der Waals surface area contributed by atoms with Crippen molar-refractivity contribution in [2.45, 2.75) is 33.6 Å². The quantitative estimate of drug-likeness (QED) is 0.431. The first-order valence-corrected chi connectivity index (χ1v) is 4.10. The van der Waals surface area contributed by atoms with Crippen LogP contribution in [0.2, 0.25) is 0 Å². The first kappa shape index (κ1) is 10.2. The van der Waals surface area contributed by atoms with Crippen LogP contribution in [0.3, 0.4) is 0 Å². The maximum absolute atomic E-state index is 4.31. The third-order valence-electron chi connectivity index (χ3n) is 1.53. The van der Waals surface area contributed by atoms with Crippen molar-refractivity contribution in [3.63, 3.8) is 0 Å². The van der Waals surface area contributed by atoms with E-state index in [1.807, 2.05) is 19.2 Å². The second-order valence-electron chi connectivity index (χ2n) is 2.41. The van der Waals surface area contributed by atoms with E-state index in [1.165, 1.54) is 5.57 Å². The van der Waals surface area contributed by atoms with Crippen LogP contribution in [-0.4, -0.2) is 6.21 Å². The molecule has 0 unspecified atom stereocenters. The molecular formula is C10H17N. The molecule has 0 rings (SSSR count). The molecule has 11 heavy (non-hydrogen) atoms. The van der Waals surface area contributed by atoms with Crippen LogP contribution in [0.1, 0.15) is 33.6 Å². The monoisotopic (exact) mass is 151 g/mol. The van der Waals surface area contributed by atoms with Gasteiger partial charge >= 0.3 is 0 Å². The van der Waals surface area contributed by atoms with E-state index in [4.69, 9.17) is 0 Å². The highest BCUT2D eigenvalue weighted by molar-refractivity contribution is 5.58. The van der Waals surface area contributed by atoms with Crippen molar-refractivity contribution >= 4 is 6.21 Å². The Bertz CT molecular complexity index is 175. The van der Waals surface area contributed by atoms with Crippen LogP contribution in [0.25, 0.3) is 0 Å². The van der Waals surface area contributed by atoms with Gasteiger partial charge in [-0.2, -0.15) is 0 Å². The summed E-state index contributed by atoms with van der Waals surface area (Å²) in [6.07, 6.45) is 5.76. The molecule has 0 bridgehead atoms. The standard InChI is InChI=1S/C10H17N/c1-5-8-11-10(7-3)9(4)6-2/h6,8H,2,5,7H2,1,3-4H3/b10-9+,11-8?. The molecular weight excluding hydrogens is 134 g/mol. The maximum Gasteiger partial charge on any atom is 0.0425 e. The number of hydrogen-bond acceptors (Lipinski definition) is 1. The van der Waals surface area contributed by atoms with Crippen LogP contribution in [-0.2, 0) is 0 Å². The Labute approximate surface area is 69.5 Å². The Hall–Kier alpha value is -0.850. The summed E-state index contributed by atoms with van der Waals surface area (Å²) in [5.74, 6) is 0. The van der Waals surface area contributed by atoms with Gasteiger partial charge < -0.3 is 0 Å². The van der Waals surface area contributed by atoms with E-state index in [1.54, 1.807) is 0 Å². The molecule has 0 aromatic heterocycles. The van der Waals surface area contributed by atoms with Gasteiger partial charge in [-0.3, -0.25) is 4.99 Å². The molecule has 0 N–H and O–H groups in total. The Morgan fingerprint density at radius 2 is 2.09 bits per heavy atom. The molecule has 0 spiro atoms. The van der Waals surface area contributed by atoms with E-state index < -0.39 is 0 Å². The highest BCUT2D eigenvalue weighted by Crippen LogP contribution is 2.09. The second kappa shape index (κ2) is 5.90. The average Bonchev–Trinajstić information content (AvgIpc) is 2.05. The van der Waals surface area contributed by atoms with Gasteiger partial charge in [-0.25, -0.2) is 0 Å². The van der Waals surface area contributed by atoms with E-state index in [9.17, 15) is 0 Å². The SMILES string of the molecule is C=C/C(C)=C(\CC)N=CCC. The summed E-state index contributed by atoms with van der Waals surface area (Å²) in [4.78, 5) is 4.31. The summed E-state index contributed by atoms with van der Waals surface area (Å²) in [6.45, 7) is 9.94. The molecule has 0 aliphatic carbocycles. The summed E-state index contributed by atoms with van der Waals surface area (Å²) < 4.78 is 0. The largest absolute Gasteiger partial charge is 0.265 e. The summed E-state index contributed by atoms with van der Waals surface area (Å²) in [5, 5.41) is 0. The van der Waals surface area contributed by atoms with Gasteiger partial charge in [0.1, 0.15) is 0 Å². The second-order valence-corrected chi connectivity index (χ2v) is 2.41. The normalized spacial score (nSPS) is 13.4. The van der Waals surface area contributed by atoms with Gasteiger partial charge in [-0.1, -0.05) is 26.5 Å². The van der Waals surface area contributed by atoms with E-state index in [0.29, 0.717) is 0 Å². The van der Waals surface area contributed by atoms with Gasteiger partial charge in [0.15, 0.2) is 0 Å². The molecule has 1 heteroatoms. The minimum atomic E-state index is 0.981. The van der Waals surface area contributed by atoms with Crippen LogP contribution in [0.4, 0.5) is 0 Å². The summed E-state index contributed by atoms with van der Waals surface area (Å²) in [7, 11) is 0. The number of allylic oxidation sites excluding steroid dienone is 3. The third-order valence-corrected chi connectivity index (χ3v) is 1.53. The zero-order valence-electron chi connectivity index (χ0n) is 7.72. The Balaban J connectivity index is 4.38. The lowest BCUT2D eigenvalue weighted by molar-refractivity contribution is 1.04. The molecule has 0 aliphatic rings. The van der Waals surface area contributed by atoms with E-state index >= 15 is 0 Å². The minimum absolute atomic E-state index is 0.981. The van der Waals surface area contributed by atoms with Crippen molar-refractivity contribution < 1.29 is 0 Å². The lowest BCUT2D eigenvalue weighted by Crippen LogP contribution is -1.81. The van der Waals surface area contributed by atoms with Gasteiger partial charge in [-0.05, 0) is 25.3 Å². The van der Waals surface area contributed by atoms with E-state index in [2.05, 4.69) is 25.4 Å². The van der Waals surface area contributed by atoms with Crippen molar-refractivity contribution in [2.75, 3.05) is 0 Å². The Morgan fingerprint density at radius 3 is 2.45 bits per heavy atom. The third kappa shape index (κ3) is 3.76. The fraction of sp³-hybridized carbons (Fsp3) is 0.500. The zero-order chi connectivity index (χ0) is 8.69. The smallest absolute Gasteiger partial charge is 0.0425 e. The van der Waals surface area contributed by atoms with E-state index in [0.717, 1.165) is 18.5 Å². The topological polar surface area (TPSA) is 12.4 Å². The van der Waals surface area contributed by atoms with Crippen LogP contribution in [0, 0.1) is 0 Å². The molecule has 0 aromatic rings. The molecule has 0 atom stereocenters. The molecule has 0 saturated heterocycles. The molecule has 0 amide bonds. The van der Waals surface area contributed by atoms with Gasteiger partial charge in [-0.15, -0.1) is 0 Å². The molecule has 0 radical (unpaired) electrons. The molecule has 62 valence electrons. The predicted molar refractivity (Wildman–Crippen MR) is 52.0 cm³/mol. The lowest BCUT2D eigenvalue weighted by atomic mass is 10.2. The predicted octanol–water partition coefficient (Wildman–Crippen LogP) is 3.34. The fourth-order valence-electron chi connectivity index (χ4n) is 0.791. The first-order valence-electron chi connectivity index (χ1n) is 4.10. The van der Waals surface area contributed by atoms with Gasteiger partial charge in [0, 0.05) is 11.9 Å². The maximum atomic E-state index is 4.31. The van der Waals surface area contributed by atoms with Crippen molar-refractivity contribution in [2.24, 2.45) is 4.99 Å². The van der Waals surface area contributed by atoms with Crippen LogP contribution in [0.15, 0.2) is 28.9 Å². The fourth-order valence-corrected chi connectivity index (χ4v) is 0.791. The van der Waals surface area contributed by atoms with E-state index in [-0.39, 0.29) is 0 Å². The summed E-state index contributed by atoms with van der Waals surface area (Å²) in [5.41, 5.74) is 2.32. The molecule has 0 aliphatic heterocycles. The number of aliphatic imine (C=N–C) groups is 1. The van der Waals surface area contributed by atoms with Gasteiger partial charge in [0.2, 0.25) is 0 Å². The molecule has 0 saturated carbocycles. The Kier molecular flexibility index (Phi) is 5.44. The zero-order valence-corrected chi connectivity index (χ0v) is 7.72. The molecule has 0 fully saturated rings. The minimum Gasteiger partial charge on any atom is -0.265 e. The van der Waals surface area contributed by atoms with Crippen LogP contribution in [0.5, 0.6) is 0 Å². The molecule has 1 nitrogen and oxygen atoms in total. The van der Waals surface area contributed by atoms with Crippen molar-refractivity contribution in [1.29, 1.82) is 0 Å². The lowest BCUT2D eigenvalue weighted by Gasteiger charge is -1.99. The van der Waals surface area contributed by atoms with Crippen molar-refractivity contribution in [1.82, 2.24) is 0 Å². The Morgan fingerprint density at radius 1 is 1.45 bits per heavy atom. The highest BCUT2D eigenvalue weighted by atomic mass is 14.7. The van der Waals surface area contributed by atoms with Gasteiger partial charge in [0.05, 0.1) is 0 Å². The van der Waals surface area contributed by atoms with Crippen molar-refractivity contribution in [3.8, 4) is 0 Å². The molecule has 0 aromatic carbocycles. The highest BCUT2D eigenvalue weighted by Gasteiger charge is 1.91. The van der Waals surface area contributed by atoms with Crippen LogP contribution >= 0.6 is 0 Å². The summed E-state index contributed by atoms with van der Waals surface area (Å²) in [6, 6.07) is 0. The number of hydrogen-bond donors (Lipinski definition) is 0. The van der Waals surface area contributed by atoms with Gasteiger partial charge in [0.25, 0.3) is 0 Å². The number of nitrogens with zero attached hydrogens (tertiary/aromatic N) is 1. The van der Waals surface area contributed by atoms with Crippen LogP contribution < -0.4 is 0 Å². The average molecular weight is 151 g/mol. The molecule has 0 heterocycles.